The van der Waals surface area contributed by atoms with E-state index >= 15 is 0 Å². The molecule has 0 amide bonds. The van der Waals surface area contributed by atoms with E-state index in [1.165, 1.54) is 31.4 Å². The van der Waals surface area contributed by atoms with Gasteiger partial charge in [0.25, 0.3) is 0 Å². The molecule has 0 aliphatic carbocycles. The van der Waals surface area contributed by atoms with Crippen LogP contribution in [0.4, 0.5) is 0 Å². The molecule has 0 radical (unpaired) electrons. The first-order valence-corrected chi connectivity index (χ1v) is 7.69. The minimum atomic E-state index is 0.685. The Morgan fingerprint density at radius 1 is 1.44 bits per heavy atom. The van der Waals surface area contributed by atoms with Crippen LogP contribution in [0.25, 0.3) is 0 Å². The third-order valence-electron chi connectivity index (χ3n) is 3.61. The van der Waals surface area contributed by atoms with Crippen LogP contribution < -0.4 is 5.32 Å². The summed E-state index contributed by atoms with van der Waals surface area (Å²) in [5, 5.41) is 4.31. The largest absolute Gasteiger partial charge is 0.311 e. The number of halogens is 2. The van der Waals surface area contributed by atoms with Gasteiger partial charge in [0.1, 0.15) is 0 Å². The lowest BCUT2D eigenvalue weighted by atomic mass is 10.0. The van der Waals surface area contributed by atoms with Crippen LogP contribution in [-0.2, 0) is 6.54 Å². The number of nitrogens with one attached hydrogen (secondary N) is 1. The molecule has 18 heavy (non-hydrogen) atoms. The molecule has 100 valence electrons. The van der Waals surface area contributed by atoms with Crippen molar-refractivity contribution in [3.8, 4) is 0 Å². The van der Waals surface area contributed by atoms with Crippen LogP contribution in [0.3, 0.4) is 0 Å². The van der Waals surface area contributed by atoms with Gasteiger partial charge in [-0.1, -0.05) is 24.1 Å². The van der Waals surface area contributed by atoms with E-state index in [-0.39, 0.29) is 0 Å². The molecule has 1 aliphatic rings. The van der Waals surface area contributed by atoms with Crippen molar-refractivity contribution in [1.29, 1.82) is 0 Å². The molecular weight excluding hydrogens is 312 g/mol. The van der Waals surface area contributed by atoms with E-state index in [9.17, 15) is 0 Å². The van der Waals surface area contributed by atoms with E-state index < -0.39 is 0 Å². The molecule has 2 nitrogen and oxygen atoms in total. The van der Waals surface area contributed by atoms with Gasteiger partial charge in [0, 0.05) is 23.6 Å². The van der Waals surface area contributed by atoms with Crippen molar-refractivity contribution in [2.24, 2.45) is 0 Å². The Hall–Kier alpha value is -0.0900. The number of rotatable bonds is 4. The van der Waals surface area contributed by atoms with Gasteiger partial charge < -0.3 is 10.2 Å². The van der Waals surface area contributed by atoms with E-state index in [2.05, 4.69) is 39.3 Å². The second kappa shape index (κ2) is 6.90. The molecular formula is C14H20BrClN2. The molecule has 1 aromatic rings. The second-order valence-electron chi connectivity index (χ2n) is 5.01. The summed E-state index contributed by atoms with van der Waals surface area (Å²) in [7, 11) is 2.22. The molecule has 0 saturated carbocycles. The lowest BCUT2D eigenvalue weighted by Crippen LogP contribution is -2.42. The van der Waals surface area contributed by atoms with Crippen molar-refractivity contribution in [3.05, 3.63) is 33.3 Å². The summed E-state index contributed by atoms with van der Waals surface area (Å²) in [4.78, 5) is 2.46. The van der Waals surface area contributed by atoms with Crippen molar-refractivity contribution in [3.63, 3.8) is 0 Å². The first-order chi connectivity index (χ1) is 8.66. The van der Waals surface area contributed by atoms with Crippen LogP contribution in [0.15, 0.2) is 22.7 Å². The summed E-state index contributed by atoms with van der Waals surface area (Å²) in [6, 6.07) is 6.81. The first kappa shape index (κ1) is 14.3. The fourth-order valence-corrected chi connectivity index (χ4v) is 2.88. The Morgan fingerprint density at radius 3 is 3.00 bits per heavy atom. The van der Waals surface area contributed by atoms with Gasteiger partial charge in [-0.15, -0.1) is 0 Å². The van der Waals surface area contributed by atoms with Crippen molar-refractivity contribution >= 4 is 27.5 Å². The smallest absolute Gasteiger partial charge is 0.0551 e. The van der Waals surface area contributed by atoms with Gasteiger partial charge in [0.05, 0.1) is 5.02 Å². The third kappa shape index (κ3) is 3.95. The highest BCUT2D eigenvalue weighted by molar-refractivity contribution is 9.10. The number of piperidine rings is 1. The highest BCUT2D eigenvalue weighted by Crippen LogP contribution is 2.23. The zero-order valence-corrected chi connectivity index (χ0v) is 13.1. The lowest BCUT2D eigenvalue weighted by molar-refractivity contribution is 0.181. The number of likely N-dealkylation sites (N-methyl/N-ethyl adjacent to an activating group) is 1. The van der Waals surface area contributed by atoms with Crippen molar-refractivity contribution in [2.45, 2.75) is 31.8 Å². The minimum Gasteiger partial charge on any atom is -0.311 e. The zero-order chi connectivity index (χ0) is 13.0. The molecule has 0 spiro atoms. The Morgan fingerprint density at radius 2 is 2.28 bits per heavy atom. The lowest BCUT2D eigenvalue weighted by Gasteiger charge is -2.32. The number of likely N-dealkylation sites (tertiary alicyclic amines) is 1. The quantitative estimate of drug-likeness (QED) is 0.905. The van der Waals surface area contributed by atoms with Crippen molar-refractivity contribution in [1.82, 2.24) is 10.2 Å². The Kier molecular flexibility index (Phi) is 5.49. The predicted molar refractivity (Wildman–Crippen MR) is 81.1 cm³/mol. The number of nitrogens with zero attached hydrogens (tertiary/aromatic N) is 1. The second-order valence-corrected chi connectivity index (χ2v) is 6.27. The molecule has 0 aromatic heterocycles. The molecule has 1 atom stereocenters. The Bertz CT molecular complexity index is 397. The zero-order valence-electron chi connectivity index (χ0n) is 10.8. The number of benzene rings is 1. The molecule has 2 rings (SSSR count). The summed E-state index contributed by atoms with van der Waals surface area (Å²) in [6.45, 7) is 3.18. The van der Waals surface area contributed by atoms with E-state index in [1.54, 1.807) is 0 Å². The number of hydrogen-bond acceptors (Lipinski definition) is 2. The van der Waals surface area contributed by atoms with Crippen LogP contribution in [0.1, 0.15) is 24.8 Å². The first-order valence-electron chi connectivity index (χ1n) is 6.51. The van der Waals surface area contributed by atoms with Gasteiger partial charge in [0.2, 0.25) is 0 Å². The molecule has 1 aromatic carbocycles. The highest BCUT2D eigenvalue weighted by atomic mass is 79.9. The topological polar surface area (TPSA) is 15.3 Å². The summed E-state index contributed by atoms with van der Waals surface area (Å²) in [5.41, 5.74) is 1.24. The Balaban J connectivity index is 1.79. The van der Waals surface area contributed by atoms with E-state index in [0.29, 0.717) is 6.04 Å². The fourth-order valence-electron chi connectivity index (χ4n) is 2.43. The summed E-state index contributed by atoms with van der Waals surface area (Å²) in [6.07, 6.45) is 4.01. The molecule has 1 heterocycles. The molecule has 1 saturated heterocycles. The van der Waals surface area contributed by atoms with Crippen molar-refractivity contribution in [2.75, 3.05) is 20.1 Å². The van der Waals surface area contributed by atoms with E-state index in [1.807, 2.05) is 12.1 Å². The van der Waals surface area contributed by atoms with Crippen LogP contribution in [-0.4, -0.2) is 31.1 Å². The maximum atomic E-state index is 6.08. The fraction of sp³-hybridized carbons (Fsp3) is 0.571. The average Bonchev–Trinajstić information content (AvgIpc) is 2.36. The van der Waals surface area contributed by atoms with Gasteiger partial charge in [-0.05, 0) is 60.1 Å². The normalized spacial score (nSPS) is 21.2. The van der Waals surface area contributed by atoms with E-state index in [0.717, 1.165) is 22.6 Å². The van der Waals surface area contributed by atoms with Crippen molar-refractivity contribution < 1.29 is 0 Å². The van der Waals surface area contributed by atoms with E-state index in [4.69, 9.17) is 11.6 Å². The highest BCUT2D eigenvalue weighted by Gasteiger charge is 2.17. The van der Waals surface area contributed by atoms with Crippen LogP contribution >= 0.6 is 27.5 Å². The summed E-state index contributed by atoms with van der Waals surface area (Å²) >= 11 is 9.49. The molecule has 1 unspecified atom stereocenters. The summed E-state index contributed by atoms with van der Waals surface area (Å²) < 4.78 is 0.958. The Labute approximate surface area is 123 Å². The number of hydrogen-bond donors (Lipinski definition) is 1. The van der Waals surface area contributed by atoms with Gasteiger partial charge in [-0.25, -0.2) is 0 Å². The standard InChI is InChI=1S/C14H20BrClN2/c1-18-7-3-2-4-12(18)10-17-9-11-5-6-13(15)14(16)8-11/h5-6,8,12,17H,2-4,7,9-10H2,1H3. The third-order valence-corrected chi connectivity index (χ3v) is 4.85. The van der Waals surface area contributed by atoms with Gasteiger partial charge in [-0.3, -0.25) is 0 Å². The maximum absolute atomic E-state index is 6.08. The molecule has 1 aliphatic heterocycles. The minimum absolute atomic E-state index is 0.685. The van der Waals surface area contributed by atoms with Crippen LogP contribution in [0, 0.1) is 0 Å². The van der Waals surface area contributed by atoms with Gasteiger partial charge in [0.15, 0.2) is 0 Å². The van der Waals surface area contributed by atoms with Crippen LogP contribution in [0.2, 0.25) is 5.02 Å². The predicted octanol–water partition coefficient (Wildman–Crippen LogP) is 3.68. The molecule has 1 N–H and O–H groups in total. The molecule has 4 heteroatoms. The molecule has 1 fully saturated rings. The maximum Gasteiger partial charge on any atom is 0.0551 e. The molecule has 0 bridgehead atoms. The monoisotopic (exact) mass is 330 g/mol. The van der Waals surface area contributed by atoms with Gasteiger partial charge in [-0.2, -0.15) is 0 Å². The SMILES string of the molecule is CN1CCCCC1CNCc1ccc(Br)c(Cl)c1. The average molecular weight is 332 g/mol. The summed E-state index contributed by atoms with van der Waals surface area (Å²) in [5.74, 6) is 0. The van der Waals surface area contributed by atoms with Gasteiger partial charge >= 0.3 is 0 Å². The van der Waals surface area contributed by atoms with Crippen LogP contribution in [0.5, 0.6) is 0 Å².